The van der Waals surface area contributed by atoms with Crippen molar-refractivity contribution in [3.8, 4) is 0 Å². The molecule has 0 saturated carbocycles. The molecule has 0 aromatic heterocycles. The quantitative estimate of drug-likeness (QED) is 0.552. The van der Waals surface area contributed by atoms with E-state index in [1.165, 1.54) is 0 Å². The molecule has 0 fully saturated rings. The van der Waals surface area contributed by atoms with Gasteiger partial charge < -0.3 is 5.11 Å². The summed E-state index contributed by atoms with van der Waals surface area (Å²) in [5, 5.41) is 8.92. The van der Waals surface area contributed by atoms with Crippen molar-refractivity contribution >= 4 is 0 Å². The van der Waals surface area contributed by atoms with Crippen LogP contribution in [0.25, 0.3) is 0 Å². The van der Waals surface area contributed by atoms with E-state index in [1.807, 2.05) is 0 Å². The van der Waals surface area contributed by atoms with Crippen LogP contribution in [0.4, 0.5) is 0 Å². The molecule has 0 amide bonds. The summed E-state index contributed by atoms with van der Waals surface area (Å²) in [6, 6.07) is 0. The summed E-state index contributed by atoms with van der Waals surface area (Å²) >= 11 is 0. The van der Waals surface area contributed by atoms with E-state index in [-0.39, 0.29) is 0 Å². The topological polar surface area (TPSA) is 20.2 Å². The number of rotatable bonds is 2. The van der Waals surface area contributed by atoms with Crippen molar-refractivity contribution in [1.29, 1.82) is 0 Å². The number of hydrogen-bond donors (Lipinski definition) is 1. The van der Waals surface area contributed by atoms with Gasteiger partial charge >= 0.3 is 0 Å². The van der Waals surface area contributed by atoms with Gasteiger partial charge in [-0.15, -0.1) is 0 Å². The highest BCUT2D eigenvalue weighted by Gasteiger charge is 2.09. The van der Waals surface area contributed by atoms with E-state index < -0.39 is 5.60 Å². The van der Waals surface area contributed by atoms with E-state index in [2.05, 4.69) is 6.92 Å². The molecule has 0 unspecified atom stereocenters. The lowest BCUT2D eigenvalue weighted by Gasteiger charge is -2.13. The van der Waals surface area contributed by atoms with Crippen LogP contribution in [0.3, 0.4) is 0 Å². The molecule has 0 aromatic carbocycles. The molecule has 0 aromatic rings. The summed E-state index contributed by atoms with van der Waals surface area (Å²) < 4.78 is 0. The van der Waals surface area contributed by atoms with Crippen LogP contribution < -0.4 is 0 Å². The molecule has 0 atom stereocenters. The van der Waals surface area contributed by atoms with Crippen LogP contribution in [0, 0.1) is 13.3 Å². The van der Waals surface area contributed by atoms with Crippen LogP contribution in [0.2, 0.25) is 0 Å². The Labute approximate surface area is 45.4 Å². The molecule has 1 N–H and O–H groups in total. The van der Waals surface area contributed by atoms with Crippen LogP contribution in [-0.4, -0.2) is 10.7 Å². The zero-order chi connectivity index (χ0) is 5.91. The van der Waals surface area contributed by atoms with Gasteiger partial charge in [0.05, 0.1) is 5.60 Å². The van der Waals surface area contributed by atoms with Gasteiger partial charge in [-0.1, -0.05) is 6.92 Å². The van der Waals surface area contributed by atoms with E-state index in [9.17, 15) is 0 Å². The van der Waals surface area contributed by atoms with Gasteiger partial charge in [-0.25, -0.2) is 0 Å². The maximum Gasteiger partial charge on any atom is 0.0623 e. The molecule has 0 heterocycles. The first-order valence-corrected chi connectivity index (χ1v) is 2.42. The van der Waals surface area contributed by atoms with Crippen molar-refractivity contribution < 1.29 is 5.11 Å². The second-order valence-electron chi connectivity index (χ2n) is 2.15. The second kappa shape index (κ2) is 2.31. The molecule has 1 heteroatoms. The van der Waals surface area contributed by atoms with Crippen molar-refractivity contribution in [3.63, 3.8) is 0 Å². The summed E-state index contributed by atoms with van der Waals surface area (Å²) in [7, 11) is 0. The van der Waals surface area contributed by atoms with Crippen molar-refractivity contribution in [2.24, 2.45) is 0 Å². The van der Waals surface area contributed by atoms with Crippen LogP contribution in [-0.2, 0) is 0 Å². The molecule has 42 valence electrons. The molecule has 0 bridgehead atoms. The standard InChI is InChI=1S/C6H12O/c1-4-5-6(2,3)7/h5,7H,1,4H2,2-3H3. The lowest BCUT2D eigenvalue weighted by molar-refractivity contribution is 0.113. The zero-order valence-electron chi connectivity index (χ0n) is 4.94. The van der Waals surface area contributed by atoms with Crippen LogP contribution in [0.15, 0.2) is 0 Å². The molecule has 0 spiro atoms. The Morgan fingerprint density at radius 2 is 2.14 bits per heavy atom. The third-order valence-corrected chi connectivity index (χ3v) is 0.644. The normalized spacial score (nSPS) is 12.0. The predicted molar refractivity (Wildman–Crippen MR) is 30.6 cm³/mol. The van der Waals surface area contributed by atoms with Gasteiger partial charge in [0.15, 0.2) is 0 Å². The molecule has 0 aliphatic carbocycles. The molecule has 2 radical (unpaired) electrons. The maximum absolute atomic E-state index is 8.92. The minimum absolute atomic E-state index is 0.637. The Kier molecular flexibility index (Phi) is 2.30. The molecular weight excluding hydrogens is 88.1 g/mol. The van der Waals surface area contributed by atoms with Crippen molar-refractivity contribution in [2.45, 2.75) is 25.9 Å². The van der Waals surface area contributed by atoms with Gasteiger partial charge in [-0.2, -0.15) is 0 Å². The van der Waals surface area contributed by atoms with E-state index >= 15 is 0 Å². The molecule has 7 heavy (non-hydrogen) atoms. The van der Waals surface area contributed by atoms with Crippen molar-refractivity contribution in [3.05, 3.63) is 13.3 Å². The molecular formula is C6H12O. The fraction of sp³-hybridized carbons (Fsp3) is 0.667. The summed E-state index contributed by atoms with van der Waals surface area (Å²) in [6.07, 6.45) is 2.44. The van der Waals surface area contributed by atoms with Crippen molar-refractivity contribution in [1.82, 2.24) is 0 Å². The Hall–Kier alpha value is -0.0400. The second-order valence-corrected chi connectivity index (χ2v) is 2.15. The highest BCUT2D eigenvalue weighted by Crippen LogP contribution is 2.06. The summed E-state index contributed by atoms with van der Waals surface area (Å²) in [5.41, 5.74) is -0.637. The highest BCUT2D eigenvalue weighted by atomic mass is 16.3. The Bertz CT molecular complexity index is 42.6. The predicted octanol–water partition coefficient (Wildman–Crippen LogP) is 1.19. The summed E-state index contributed by atoms with van der Waals surface area (Å²) in [5.74, 6) is 0. The van der Waals surface area contributed by atoms with E-state index in [4.69, 9.17) is 5.11 Å². The Morgan fingerprint density at radius 1 is 1.71 bits per heavy atom. The first-order chi connectivity index (χ1) is 3.06. The molecule has 0 aliphatic heterocycles. The molecule has 0 rings (SSSR count). The molecule has 0 saturated heterocycles. The maximum atomic E-state index is 8.92. The third kappa shape index (κ3) is 5.96. The van der Waals surface area contributed by atoms with E-state index in [0.29, 0.717) is 6.42 Å². The zero-order valence-corrected chi connectivity index (χ0v) is 4.94. The van der Waals surface area contributed by atoms with E-state index in [1.54, 1.807) is 20.3 Å². The smallest absolute Gasteiger partial charge is 0.0623 e. The fourth-order valence-corrected chi connectivity index (χ4v) is 0.353. The van der Waals surface area contributed by atoms with Gasteiger partial charge in [-0.05, 0) is 26.7 Å². The average molecular weight is 100 g/mol. The van der Waals surface area contributed by atoms with Gasteiger partial charge in [0.1, 0.15) is 0 Å². The molecule has 1 nitrogen and oxygen atoms in total. The van der Waals surface area contributed by atoms with Crippen molar-refractivity contribution in [2.75, 3.05) is 0 Å². The largest absolute Gasteiger partial charge is 0.390 e. The Balaban J connectivity index is 3.15. The van der Waals surface area contributed by atoms with E-state index in [0.717, 1.165) is 0 Å². The first kappa shape index (κ1) is 6.96. The molecule has 0 aliphatic rings. The van der Waals surface area contributed by atoms with Gasteiger partial charge in [0.2, 0.25) is 0 Å². The SMILES string of the molecule is [CH2]C[CH]C(C)(C)O. The van der Waals surface area contributed by atoms with Gasteiger partial charge in [0, 0.05) is 0 Å². The minimum Gasteiger partial charge on any atom is -0.390 e. The monoisotopic (exact) mass is 100 g/mol. The summed E-state index contributed by atoms with van der Waals surface area (Å²) in [6.45, 7) is 7.02. The van der Waals surface area contributed by atoms with Crippen LogP contribution >= 0.6 is 0 Å². The highest BCUT2D eigenvalue weighted by molar-refractivity contribution is 4.84. The van der Waals surface area contributed by atoms with Gasteiger partial charge in [-0.3, -0.25) is 0 Å². The Morgan fingerprint density at radius 3 is 2.14 bits per heavy atom. The van der Waals surface area contributed by atoms with Crippen LogP contribution in [0.5, 0.6) is 0 Å². The first-order valence-electron chi connectivity index (χ1n) is 2.42. The minimum atomic E-state index is -0.637. The third-order valence-electron chi connectivity index (χ3n) is 0.644. The lowest BCUT2D eigenvalue weighted by Crippen LogP contribution is -2.18. The number of hydrogen-bond acceptors (Lipinski definition) is 1. The lowest BCUT2D eigenvalue weighted by atomic mass is 10.0. The average Bonchev–Trinajstić information content (AvgIpc) is 1.30. The van der Waals surface area contributed by atoms with Crippen LogP contribution in [0.1, 0.15) is 20.3 Å². The fourth-order valence-electron chi connectivity index (χ4n) is 0.353. The summed E-state index contributed by atoms with van der Waals surface area (Å²) in [4.78, 5) is 0. The number of aliphatic hydroxyl groups is 1. The van der Waals surface area contributed by atoms with Gasteiger partial charge in [0.25, 0.3) is 0 Å².